The number of hydrogen-bond donors (Lipinski definition) is 1. The quantitative estimate of drug-likeness (QED) is 0.631. The normalized spacial score (nSPS) is 17.5. The van der Waals surface area contributed by atoms with Crippen LogP contribution in [0.15, 0.2) is 78.9 Å². The summed E-state index contributed by atoms with van der Waals surface area (Å²) in [6, 6.07) is 22.0. The van der Waals surface area contributed by atoms with E-state index >= 15 is 0 Å². The van der Waals surface area contributed by atoms with E-state index in [0.717, 1.165) is 16.8 Å². The molecule has 31 heavy (non-hydrogen) atoms. The average molecular weight is 418 g/mol. The minimum atomic E-state index is -0.505. The van der Waals surface area contributed by atoms with Crippen LogP contribution in [0.2, 0.25) is 0 Å². The summed E-state index contributed by atoms with van der Waals surface area (Å²) in [6.07, 6.45) is 0.0267. The number of alkyl carbamates (subject to hydrolysis) is 1. The maximum absolute atomic E-state index is 13.3. The third-order valence-electron chi connectivity index (χ3n) is 5.40. The number of para-hydroxylation sites is 1. The van der Waals surface area contributed by atoms with E-state index < -0.39 is 6.09 Å². The van der Waals surface area contributed by atoms with Crippen LogP contribution in [-0.4, -0.2) is 18.0 Å². The van der Waals surface area contributed by atoms with E-state index in [9.17, 15) is 14.0 Å². The van der Waals surface area contributed by atoms with Gasteiger partial charge < -0.3 is 15.0 Å². The molecule has 0 saturated carbocycles. The smallest absolute Gasteiger partial charge is 0.407 e. The van der Waals surface area contributed by atoms with Gasteiger partial charge in [-0.3, -0.25) is 4.79 Å². The van der Waals surface area contributed by atoms with Gasteiger partial charge in [-0.15, -0.1) is 0 Å². The maximum atomic E-state index is 13.3. The molecule has 3 aromatic rings. The van der Waals surface area contributed by atoms with E-state index in [-0.39, 0.29) is 30.4 Å². The predicted molar refractivity (Wildman–Crippen MR) is 116 cm³/mol. The number of fused-ring (bicyclic) bond motifs is 1. The Hall–Kier alpha value is -3.67. The Kier molecular flexibility index (Phi) is 5.98. The summed E-state index contributed by atoms with van der Waals surface area (Å²) in [6.45, 7) is 2.12. The second kappa shape index (κ2) is 9.00. The van der Waals surface area contributed by atoms with Crippen LogP contribution in [0.5, 0.6) is 0 Å². The fourth-order valence-corrected chi connectivity index (χ4v) is 3.90. The summed E-state index contributed by atoms with van der Waals surface area (Å²) in [5.74, 6) is -0.591. The standard InChI is InChI=1S/C25H23FN2O3/c1-17-15-22(27-25(30)31-16-18-7-3-2-4-8-18)21-9-5-6-10-23(21)28(17)24(29)19-11-13-20(26)14-12-19/h2-14,17,22H,15-16H2,1H3,(H,27,30)/t17-,22+/m0/s1. The van der Waals surface area contributed by atoms with Crippen LogP contribution in [0.4, 0.5) is 14.9 Å². The van der Waals surface area contributed by atoms with Crippen LogP contribution in [0.3, 0.4) is 0 Å². The molecular formula is C25H23FN2O3. The number of hydrogen-bond acceptors (Lipinski definition) is 3. The Labute approximate surface area is 180 Å². The molecule has 1 N–H and O–H groups in total. The van der Waals surface area contributed by atoms with Crippen molar-refractivity contribution in [3.05, 3.63) is 101 Å². The molecule has 0 bridgehead atoms. The lowest BCUT2D eigenvalue weighted by Gasteiger charge is -2.39. The monoisotopic (exact) mass is 418 g/mol. The highest BCUT2D eigenvalue weighted by atomic mass is 19.1. The minimum Gasteiger partial charge on any atom is -0.445 e. The van der Waals surface area contributed by atoms with Gasteiger partial charge in [0.15, 0.2) is 0 Å². The average Bonchev–Trinajstić information content (AvgIpc) is 2.79. The van der Waals surface area contributed by atoms with Crippen LogP contribution in [0, 0.1) is 5.82 Å². The van der Waals surface area contributed by atoms with Crippen molar-refractivity contribution in [3.8, 4) is 0 Å². The third kappa shape index (κ3) is 4.58. The summed E-state index contributed by atoms with van der Waals surface area (Å²) in [4.78, 5) is 27.3. The molecule has 2 atom stereocenters. The first-order chi connectivity index (χ1) is 15.0. The maximum Gasteiger partial charge on any atom is 0.407 e. The SMILES string of the molecule is C[C@H]1C[C@@H](NC(=O)OCc2ccccc2)c2ccccc2N1C(=O)c1ccc(F)cc1. The minimum absolute atomic E-state index is 0.174. The summed E-state index contributed by atoms with van der Waals surface area (Å²) < 4.78 is 18.6. The Morgan fingerprint density at radius 2 is 1.68 bits per heavy atom. The second-order valence-corrected chi connectivity index (χ2v) is 7.58. The molecular weight excluding hydrogens is 395 g/mol. The van der Waals surface area contributed by atoms with Gasteiger partial charge in [0.05, 0.1) is 6.04 Å². The van der Waals surface area contributed by atoms with Crippen molar-refractivity contribution in [1.82, 2.24) is 5.32 Å². The number of carbonyl (C=O) groups excluding carboxylic acids is 2. The highest BCUT2D eigenvalue weighted by Gasteiger charge is 2.34. The Morgan fingerprint density at radius 1 is 1.00 bits per heavy atom. The summed E-state index contributed by atoms with van der Waals surface area (Å²) in [7, 11) is 0. The number of anilines is 1. The molecule has 0 radical (unpaired) electrons. The van der Waals surface area contributed by atoms with E-state index in [1.165, 1.54) is 24.3 Å². The number of carbonyl (C=O) groups is 2. The number of nitrogens with zero attached hydrogens (tertiary/aromatic N) is 1. The molecule has 2 amide bonds. The molecule has 0 spiro atoms. The molecule has 6 heteroatoms. The molecule has 0 aliphatic carbocycles. The number of amides is 2. The van der Waals surface area contributed by atoms with E-state index in [1.807, 2.05) is 61.5 Å². The lowest BCUT2D eigenvalue weighted by Crippen LogP contribution is -2.46. The van der Waals surface area contributed by atoms with Gasteiger partial charge in [0, 0.05) is 17.3 Å². The molecule has 0 saturated heterocycles. The van der Waals surface area contributed by atoms with Crippen molar-refractivity contribution < 1.29 is 18.7 Å². The molecule has 1 heterocycles. The molecule has 0 unspecified atom stereocenters. The summed E-state index contributed by atoms with van der Waals surface area (Å²) >= 11 is 0. The second-order valence-electron chi connectivity index (χ2n) is 7.58. The highest BCUT2D eigenvalue weighted by Crippen LogP contribution is 2.38. The highest BCUT2D eigenvalue weighted by molar-refractivity contribution is 6.07. The molecule has 1 aliphatic rings. The number of nitrogens with one attached hydrogen (secondary N) is 1. The molecule has 3 aromatic carbocycles. The number of halogens is 1. The van der Waals surface area contributed by atoms with Gasteiger partial charge in [-0.25, -0.2) is 9.18 Å². The van der Waals surface area contributed by atoms with Gasteiger partial charge in [-0.2, -0.15) is 0 Å². The molecule has 0 fully saturated rings. The van der Waals surface area contributed by atoms with Crippen LogP contribution >= 0.6 is 0 Å². The molecule has 5 nitrogen and oxygen atoms in total. The van der Waals surface area contributed by atoms with Gasteiger partial charge in [-0.1, -0.05) is 48.5 Å². The zero-order valence-corrected chi connectivity index (χ0v) is 17.1. The number of ether oxygens (including phenoxy) is 1. The number of rotatable bonds is 4. The molecule has 0 aromatic heterocycles. The van der Waals surface area contributed by atoms with E-state index in [1.54, 1.807) is 4.90 Å². The summed E-state index contributed by atoms with van der Waals surface area (Å²) in [5.41, 5.74) is 2.89. The van der Waals surface area contributed by atoms with Gasteiger partial charge in [0.2, 0.25) is 0 Å². The van der Waals surface area contributed by atoms with Crippen molar-refractivity contribution in [2.45, 2.75) is 32.0 Å². The summed E-state index contributed by atoms with van der Waals surface area (Å²) in [5, 5.41) is 2.93. The Morgan fingerprint density at radius 3 is 2.42 bits per heavy atom. The van der Waals surface area contributed by atoms with Crippen molar-refractivity contribution in [2.24, 2.45) is 0 Å². The lowest BCUT2D eigenvalue weighted by molar-refractivity contribution is 0.0972. The van der Waals surface area contributed by atoms with Gasteiger partial charge >= 0.3 is 6.09 Å². The van der Waals surface area contributed by atoms with Crippen LogP contribution in [0.25, 0.3) is 0 Å². The molecule has 1 aliphatic heterocycles. The fraction of sp³-hybridized carbons (Fsp3) is 0.200. The van der Waals surface area contributed by atoms with Gasteiger partial charge in [-0.05, 0) is 54.8 Å². The van der Waals surface area contributed by atoms with Crippen LogP contribution in [-0.2, 0) is 11.3 Å². The first kappa shape index (κ1) is 20.6. The fourth-order valence-electron chi connectivity index (χ4n) is 3.90. The number of benzene rings is 3. The predicted octanol–water partition coefficient (Wildman–Crippen LogP) is 5.23. The van der Waals surface area contributed by atoms with Crippen LogP contribution < -0.4 is 10.2 Å². The van der Waals surface area contributed by atoms with Crippen LogP contribution in [0.1, 0.15) is 40.9 Å². The first-order valence-electron chi connectivity index (χ1n) is 10.2. The topological polar surface area (TPSA) is 58.6 Å². The zero-order valence-electron chi connectivity index (χ0n) is 17.1. The van der Waals surface area contributed by atoms with Crippen molar-refractivity contribution in [3.63, 3.8) is 0 Å². The van der Waals surface area contributed by atoms with E-state index in [0.29, 0.717) is 12.0 Å². The van der Waals surface area contributed by atoms with E-state index in [4.69, 9.17) is 4.74 Å². The van der Waals surface area contributed by atoms with Crippen molar-refractivity contribution >= 4 is 17.7 Å². The van der Waals surface area contributed by atoms with E-state index in [2.05, 4.69) is 5.32 Å². The zero-order chi connectivity index (χ0) is 21.8. The third-order valence-corrected chi connectivity index (χ3v) is 5.40. The lowest BCUT2D eigenvalue weighted by atomic mass is 9.91. The molecule has 158 valence electrons. The van der Waals surface area contributed by atoms with Gasteiger partial charge in [0.1, 0.15) is 12.4 Å². The Balaban J connectivity index is 1.52. The van der Waals surface area contributed by atoms with Crippen molar-refractivity contribution in [2.75, 3.05) is 4.90 Å². The first-order valence-corrected chi connectivity index (χ1v) is 10.2. The van der Waals surface area contributed by atoms with Crippen molar-refractivity contribution in [1.29, 1.82) is 0 Å². The van der Waals surface area contributed by atoms with Gasteiger partial charge in [0.25, 0.3) is 5.91 Å². The Bertz CT molecular complexity index is 1070. The molecule has 4 rings (SSSR count). The largest absolute Gasteiger partial charge is 0.445 e.